The molecule has 0 aromatic heterocycles. The van der Waals surface area contributed by atoms with Crippen molar-refractivity contribution in [1.29, 1.82) is 0 Å². The van der Waals surface area contributed by atoms with E-state index in [4.69, 9.17) is 5.11 Å². The minimum absolute atomic E-state index is 0.228. The van der Waals surface area contributed by atoms with E-state index in [9.17, 15) is 9.59 Å². The van der Waals surface area contributed by atoms with Gasteiger partial charge in [0, 0.05) is 25.4 Å². The molecule has 132 valence electrons. The average molecular weight is 323 g/mol. The molecule has 2 fully saturated rings. The quantitative estimate of drug-likeness (QED) is 0.768. The van der Waals surface area contributed by atoms with E-state index >= 15 is 0 Å². The molecule has 0 spiro atoms. The SMILES string of the molecule is CCCCC1CCC(C(=O)N2CCCC(CCC(=O)O)C2)CC1. The van der Waals surface area contributed by atoms with Gasteiger partial charge in [0.15, 0.2) is 0 Å². The van der Waals surface area contributed by atoms with Crippen LogP contribution >= 0.6 is 0 Å². The van der Waals surface area contributed by atoms with Crippen LogP contribution in [-0.2, 0) is 9.59 Å². The van der Waals surface area contributed by atoms with E-state index in [1.165, 1.54) is 32.1 Å². The maximum absolute atomic E-state index is 12.8. The molecule has 1 saturated heterocycles. The number of carboxylic acids is 1. The van der Waals surface area contributed by atoms with Gasteiger partial charge in [-0.3, -0.25) is 9.59 Å². The van der Waals surface area contributed by atoms with Gasteiger partial charge in [-0.25, -0.2) is 0 Å². The largest absolute Gasteiger partial charge is 0.481 e. The first-order valence-corrected chi connectivity index (χ1v) is 9.60. The summed E-state index contributed by atoms with van der Waals surface area (Å²) < 4.78 is 0. The lowest BCUT2D eigenvalue weighted by Crippen LogP contribution is -2.43. The second-order valence-electron chi connectivity index (χ2n) is 7.58. The molecule has 1 heterocycles. The van der Waals surface area contributed by atoms with E-state index in [2.05, 4.69) is 6.92 Å². The van der Waals surface area contributed by atoms with Gasteiger partial charge in [0.1, 0.15) is 0 Å². The van der Waals surface area contributed by atoms with Crippen LogP contribution in [0.15, 0.2) is 0 Å². The molecular formula is C19H33NO3. The van der Waals surface area contributed by atoms with E-state index < -0.39 is 5.97 Å². The third-order valence-electron chi connectivity index (χ3n) is 5.76. The van der Waals surface area contributed by atoms with Crippen LogP contribution in [0.1, 0.15) is 77.6 Å². The fourth-order valence-corrected chi connectivity index (χ4v) is 4.28. The van der Waals surface area contributed by atoms with Crippen LogP contribution < -0.4 is 0 Å². The minimum Gasteiger partial charge on any atom is -0.481 e. The molecule has 1 unspecified atom stereocenters. The molecule has 1 N–H and O–H groups in total. The van der Waals surface area contributed by atoms with Gasteiger partial charge in [-0.1, -0.05) is 26.2 Å². The number of hydrogen-bond acceptors (Lipinski definition) is 2. The summed E-state index contributed by atoms with van der Waals surface area (Å²) in [5.41, 5.74) is 0. The third-order valence-corrected chi connectivity index (χ3v) is 5.76. The van der Waals surface area contributed by atoms with Gasteiger partial charge in [0.2, 0.25) is 5.91 Å². The Bertz CT molecular complexity index is 388. The Labute approximate surface area is 140 Å². The number of hydrogen-bond donors (Lipinski definition) is 1. The zero-order valence-corrected chi connectivity index (χ0v) is 14.6. The number of piperidine rings is 1. The summed E-state index contributed by atoms with van der Waals surface area (Å²) in [7, 11) is 0. The molecule has 1 aliphatic carbocycles. The Morgan fingerprint density at radius 1 is 1.04 bits per heavy atom. The number of aliphatic carboxylic acids is 1. The van der Waals surface area contributed by atoms with Crippen LogP contribution in [0.5, 0.6) is 0 Å². The molecule has 2 rings (SSSR count). The zero-order chi connectivity index (χ0) is 16.7. The summed E-state index contributed by atoms with van der Waals surface area (Å²) >= 11 is 0. The van der Waals surface area contributed by atoms with Crippen molar-refractivity contribution in [2.24, 2.45) is 17.8 Å². The number of nitrogens with zero attached hydrogens (tertiary/aromatic N) is 1. The van der Waals surface area contributed by atoms with Gasteiger partial charge in [-0.2, -0.15) is 0 Å². The topological polar surface area (TPSA) is 57.6 Å². The lowest BCUT2D eigenvalue weighted by Gasteiger charge is -2.37. The minimum atomic E-state index is -0.723. The van der Waals surface area contributed by atoms with Crippen molar-refractivity contribution in [3.63, 3.8) is 0 Å². The molecule has 4 heteroatoms. The van der Waals surface area contributed by atoms with Crippen LogP contribution in [0, 0.1) is 17.8 Å². The standard InChI is InChI=1S/C19H33NO3/c1-2-3-5-15-7-10-17(11-8-15)19(23)20-13-4-6-16(14-20)9-12-18(21)22/h15-17H,2-14H2,1H3,(H,21,22). The van der Waals surface area contributed by atoms with Gasteiger partial charge in [-0.05, 0) is 56.8 Å². The lowest BCUT2D eigenvalue weighted by molar-refractivity contribution is -0.139. The first-order chi connectivity index (χ1) is 11.1. The predicted octanol–water partition coefficient (Wildman–Crippen LogP) is 4.09. The summed E-state index contributed by atoms with van der Waals surface area (Å²) in [4.78, 5) is 25.5. The average Bonchev–Trinajstić information content (AvgIpc) is 2.58. The van der Waals surface area contributed by atoms with Crippen LogP contribution in [0.4, 0.5) is 0 Å². The van der Waals surface area contributed by atoms with Crippen molar-refractivity contribution < 1.29 is 14.7 Å². The smallest absolute Gasteiger partial charge is 0.303 e. The van der Waals surface area contributed by atoms with Crippen molar-refractivity contribution in [3.05, 3.63) is 0 Å². The van der Waals surface area contributed by atoms with Crippen LogP contribution in [0.2, 0.25) is 0 Å². The summed E-state index contributed by atoms with van der Waals surface area (Å²) in [5.74, 6) is 1.07. The molecule has 0 aromatic rings. The number of unbranched alkanes of at least 4 members (excludes halogenated alkanes) is 1. The zero-order valence-electron chi connectivity index (χ0n) is 14.6. The molecule has 1 aliphatic heterocycles. The normalized spacial score (nSPS) is 28.6. The van der Waals surface area contributed by atoms with Gasteiger partial charge < -0.3 is 10.0 Å². The molecule has 1 amide bonds. The molecule has 1 saturated carbocycles. The van der Waals surface area contributed by atoms with E-state index in [0.29, 0.717) is 18.2 Å². The van der Waals surface area contributed by atoms with Crippen molar-refractivity contribution >= 4 is 11.9 Å². The Morgan fingerprint density at radius 3 is 2.43 bits per heavy atom. The molecular weight excluding hydrogens is 290 g/mol. The lowest BCUT2D eigenvalue weighted by atomic mass is 9.79. The van der Waals surface area contributed by atoms with Crippen molar-refractivity contribution in [2.75, 3.05) is 13.1 Å². The summed E-state index contributed by atoms with van der Waals surface area (Å²) in [6.45, 7) is 3.90. The maximum Gasteiger partial charge on any atom is 0.303 e. The summed E-state index contributed by atoms with van der Waals surface area (Å²) in [6, 6.07) is 0. The second-order valence-corrected chi connectivity index (χ2v) is 7.58. The highest BCUT2D eigenvalue weighted by Crippen LogP contribution is 2.34. The molecule has 2 aliphatic rings. The van der Waals surface area contributed by atoms with Crippen LogP contribution in [0.3, 0.4) is 0 Å². The van der Waals surface area contributed by atoms with Crippen LogP contribution in [0.25, 0.3) is 0 Å². The fraction of sp³-hybridized carbons (Fsp3) is 0.895. The van der Waals surface area contributed by atoms with E-state index in [0.717, 1.165) is 44.7 Å². The fourth-order valence-electron chi connectivity index (χ4n) is 4.28. The molecule has 0 aromatic carbocycles. The summed E-state index contributed by atoms with van der Waals surface area (Å²) in [6.07, 6.45) is 11.5. The Kier molecular flexibility index (Phi) is 7.38. The Hall–Kier alpha value is -1.06. The molecule has 23 heavy (non-hydrogen) atoms. The van der Waals surface area contributed by atoms with Crippen molar-refractivity contribution in [3.8, 4) is 0 Å². The molecule has 0 bridgehead atoms. The van der Waals surface area contributed by atoms with Crippen molar-refractivity contribution in [1.82, 2.24) is 4.90 Å². The van der Waals surface area contributed by atoms with E-state index in [1.807, 2.05) is 4.90 Å². The van der Waals surface area contributed by atoms with Gasteiger partial charge in [0.05, 0.1) is 0 Å². The third kappa shape index (κ3) is 5.82. The van der Waals surface area contributed by atoms with Crippen LogP contribution in [-0.4, -0.2) is 35.0 Å². The van der Waals surface area contributed by atoms with E-state index in [-0.39, 0.29) is 12.3 Å². The molecule has 4 nitrogen and oxygen atoms in total. The Balaban J connectivity index is 1.75. The number of carbonyl (C=O) groups is 2. The number of rotatable bonds is 7. The highest BCUT2D eigenvalue weighted by atomic mass is 16.4. The Morgan fingerprint density at radius 2 is 1.78 bits per heavy atom. The van der Waals surface area contributed by atoms with Crippen molar-refractivity contribution in [2.45, 2.75) is 77.6 Å². The number of amides is 1. The van der Waals surface area contributed by atoms with Gasteiger partial charge in [-0.15, -0.1) is 0 Å². The summed E-state index contributed by atoms with van der Waals surface area (Å²) in [5, 5.41) is 8.83. The number of likely N-dealkylation sites (tertiary alicyclic amines) is 1. The van der Waals surface area contributed by atoms with Gasteiger partial charge in [0.25, 0.3) is 0 Å². The number of carboxylic acid groups (broad SMARTS) is 1. The number of carbonyl (C=O) groups excluding carboxylic acids is 1. The maximum atomic E-state index is 12.8. The molecule has 1 atom stereocenters. The van der Waals surface area contributed by atoms with E-state index in [1.54, 1.807) is 0 Å². The second kappa shape index (κ2) is 9.29. The van der Waals surface area contributed by atoms with Gasteiger partial charge >= 0.3 is 5.97 Å². The highest BCUT2D eigenvalue weighted by Gasteiger charge is 2.31. The highest BCUT2D eigenvalue weighted by molar-refractivity contribution is 5.79. The monoisotopic (exact) mass is 323 g/mol. The molecule has 0 radical (unpaired) electrons. The first kappa shape index (κ1) is 18.3. The predicted molar refractivity (Wildman–Crippen MR) is 91.1 cm³/mol. The first-order valence-electron chi connectivity index (χ1n) is 9.60.